The van der Waals surface area contributed by atoms with Crippen molar-refractivity contribution >= 4 is 5.97 Å². The number of rotatable bonds is 5. The van der Waals surface area contributed by atoms with Crippen molar-refractivity contribution < 1.29 is 31.5 Å². The van der Waals surface area contributed by atoms with Crippen molar-refractivity contribution in [3.05, 3.63) is 60.0 Å². The Balaban J connectivity index is 3.43. The van der Waals surface area contributed by atoms with E-state index in [1.54, 1.807) is 0 Å². The summed E-state index contributed by atoms with van der Waals surface area (Å²) in [5.41, 5.74) is -1.23. The summed E-state index contributed by atoms with van der Waals surface area (Å²) in [6.45, 7) is 6.32. The van der Waals surface area contributed by atoms with Crippen LogP contribution in [0.3, 0.4) is 0 Å². The van der Waals surface area contributed by atoms with Crippen molar-refractivity contribution in [3.8, 4) is 0 Å². The van der Waals surface area contributed by atoms with Crippen molar-refractivity contribution in [2.45, 2.75) is 12.5 Å². The number of carbonyl (C=O) groups excluding carboxylic acids is 1. The molecule has 2 nitrogen and oxygen atoms in total. The summed E-state index contributed by atoms with van der Waals surface area (Å²) < 4.78 is 70.7. The summed E-state index contributed by atoms with van der Waals surface area (Å²) in [5.74, 6) is -11.7. The summed E-state index contributed by atoms with van der Waals surface area (Å²) >= 11 is 0. The molecule has 1 atom stereocenters. The fourth-order valence-electron chi connectivity index (χ4n) is 1.47. The summed E-state index contributed by atoms with van der Waals surface area (Å²) in [6, 6.07) is 0. The minimum Gasteiger partial charge on any atom is -0.454 e. The van der Waals surface area contributed by atoms with E-state index in [0.29, 0.717) is 6.08 Å². The third kappa shape index (κ3) is 2.87. The predicted molar refractivity (Wildman–Crippen MR) is 60.1 cm³/mol. The molecule has 0 aliphatic carbocycles. The number of halogens is 5. The largest absolute Gasteiger partial charge is 0.454 e. The molecule has 108 valence electrons. The topological polar surface area (TPSA) is 26.3 Å². The molecule has 0 unspecified atom stereocenters. The number of benzene rings is 1. The van der Waals surface area contributed by atoms with Crippen LogP contribution in [0.5, 0.6) is 0 Å². The van der Waals surface area contributed by atoms with E-state index in [0.717, 1.165) is 6.08 Å². The van der Waals surface area contributed by atoms with Crippen molar-refractivity contribution in [3.63, 3.8) is 0 Å². The first-order valence-corrected chi connectivity index (χ1v) is 5.30. The average Bonchev–Trinajstić information content (AvgIpc) is 2.43. The minimum atomic E-state index is -2.28. The molecule has 0 saturated carbocycles. The third-order valence-electron chi connectivity index (χ3n) is 2.37. The first-order valence-electron chi connectivity index (χ1n) is 5.30. The van der Waals surface area contributed by atoms with Crippen molar-refractivity contribution in [2.75, 3.05) is 0 Å². The van der Waals surface area contributed by atoms with Crippen LogP contribution in [-0.2, 0) is 9.53 Å². The molecule has 20 heavy (non-hydrogen) atoms. The van der Waals surface area contributed by atoms with Gasteiger partial charge in [-0.3, -0.25) is 0 Å². The zero-order chi connectivity index (χ0) is 15.4. The highest BCUT2D eigenvalue weighted by Gasteiger charge is 2.31. The molecule has 0 aliphatic heterocycles. The molecule has 0 radical (unpaired) electrons. The maximum Gasteiger partial charge on any atom is 0.330 e. The van der Waals surface area contributed by atoms with E-state index >= 15 is 0 Å². The summed E-state index contributed by atoms with van der Waals surface area (Å²) in [4.78, 5) is 11.0. The molecule has 0 saturated heterocycles. The Hall–Kier alpha value is -2.18. The Bertz CT molecular complexity index is 539. The average molecular weight is 292 g/mol. The van der Waals surface area contributed by atoms with Gasteiger partial charge < -0.3 is 4.74 Å². The van der Waals surface area contributed by atoms with Gasteiger partial charge in [0.1, 0.15) is 6.10 Å². The lowest BCUT2D eigenvalue weighted by atomic mass is 10.0. The van der Waals surface area contributed by atoms with Crippen LogP contribution in [0.2, 0.25) is 0 Å². The Morgan fingerprint density at radius 3 is 1.85 bits per heavy atom. The molecule has 1 rings (SSSR count). The van der Waals surface area contributed by atoms with Gasteiger partial charge in [-0.05, 0) is 0 Å². The van der Waals surface area contributed by atoms with Crippen LogP contribution in [0, 0.1) is 29.1 Å². The summed E-state index contributed by atoms with van der Waals surface area (Å²) in [5, 5.41) is 0. The second kappa shape index (κ2) is 6.31. The fraction of sp³-hybridized carbons (Fsp3) is 0.154. The van der Waals surface area contributed by atoms with Gasteiger partial charge in [0.25, 0.3) is 0 Å². The highest BCUT2D eigenvalue weighted by atomic mass is 19.2. The number of carbonyl (C=O) groups is 1. The second-order valence-electron chi connectivity index (χ2n) is 3.64. The highest BCUT2D eigenvalue weighted by Crippen LogP contribution is 2.31. The van der Waals surface area contributed by atoms with E-state index in [2.05, 4.69) is 17.9 Å². The van der Waals surface area contributed by atoms with Crippen LogP contribution in [0.15, 0.2) is 25.3 Å². The van der Waals surface area contributed by atoms with Gasteiger partial charge in [0, 0.05) is 12.5 Å². The van der Waals surface area contributed by atoms with Crippen LogP contribution in [-0.4, -0.2) is 5.97 Å². The normalized spacial score (nSPS) is 11.8. The molecular weight excluding hydrogens is 283 g/mol. The van der Waals surface area contributed by atoms with Gasteiger partial charge in [0.05, 0.1) is 5.56 Å². The summed E-state index contributed by atoms with van der Waals surface area (Å²) in [7, 11) is 0. The van der Waals surface area contributed by atoms with Gasteiger partial charge in [-0.25, -0.2) is 26.7 Å². The Morgan fingerprint density at radius 2 is 1.45 bits per heavy atom. The van der Waals surface area contributed by atoms with Crippen LogP contribution in [0.25, 0.3) is 0 Å². The number of hydrogen-bond donors (Lipinski definition) is 0. The smallest absolute Gasteiger partial charge is 0.330 e. The monoisotopic (exact) mass is 292 g/mol. The Kier molecular flexibility index (Phi) is 5.01. The van der Waals surface area contributed by atoms with Gasteiger partial charge in [0.15, 0.2) is 23.3 Å². The lowest BCUT2D eigenvalue weighted by Crippen LogP contribution is -2.16. The summed E-state index contributed by atoms with van der Waals surface area (Å²) in [6.07, 6.45) is -0.221. The molecule has 1 aromatic carbocycles. The standard InChI is InChI=1S/C13H9F5O2/c1-3-5-6(20-7(19)4-2)8-9(14)11(16)13(18)12(17)10(8)15/h3-4,6H,1-2,5H2/t6-/m1/s1. The highest BCUT2D eigenvalue weighted by molar-refractivity contribution is 5.81. The molecule has 0 heterocycles. The number of esters is 1. The molecule has 0 fully saturated rings. The fourth-order valence-corrected chi connectivity index (χ4v) is 1.47. The molecule has 0 aromatic heterocycles. The molecule has 0 N–H and O–H groups in total. The molecular formula is C13H9F5O2. The first-order chi connectivity index (χ1) is 9.34. The second-order valence-corrected chi connectivity index (χ2v) is 3.64. The first kappa shape index (κ1) is 15.9. The van der Waals surface area contributed by atoms with Crippen molar-refractivity contribution in [2.24, 2.45) is 0 Å². The lowest BCUT2D eigenvalue weighted by molar-refractivity contribution is -0.143. The van der Waals surface area contributed by atoms with Crippen LogP contribution in [0.1, 0.15) is 18.1 Å². The van der Waals surface area contributed by atoms with Gasteiger partial charge in [-0.1, -0.05) is 12.7 Å². The molecule has 0 spiro atoms. The molecule has 1 aromatic rings. The van der Waals surface area contributed by atoms with Crippen LogP contribution in [0.4, 0.5) is 22.0 Å². The molecule has 0 bridgehead atoms. The van der Waals surface area contributed by atoms with E-state index in [1.165, 1.54) is 0 Å². The van der Waals surface area contributed by atoms with Gasteiger partial charge >= 0.3 is 5.97 Å². The number of ether oxygens (including phenoxy) is 1. The van der Waals surface area contributed by atoms with E-state index in [-0.39, 0.29) is 6.42 Å². The maximum absolute atomic E-state index is 13.6. The van der Waals surface area contributed by atoms with E-state index in [4.69, 9.17) is 0 Å². The lowest BCUT2D eigenvalue weighted by Gasteiger charge is -2.18. The maximum atomic E-state index is 13.6. The third-order valence-corrected chi connectivity index (χ3v) is 2.37. The Labute approximate surface area is 111 Å². The zero-order valence-electron chi connectivity index (χ0n) is 10.1. The van der Waals surface area contributed by atoms with Gasteiger partial charge in [0.2, 0.25) is 5.82 Å². The van der Waals surface area contributed by atoms with Crippen molar-refractivity contribution in [1.29, 1.82) is 0 Å². The molecule has 0 amide bonds. The predicted octanol–water partition coefficient (Wildman–Crippen LogP) is 3.73. The zero-order valence-corrected chi connectivity index (χ0v) is 10.1. The van der Waals surface area contributed by atoms with Crippen LogP contribution < -0.4 is 0 Å². The van der Waals surface area contributed by atoms with E-state index < -0.39 is 46.7 Å². The number of hydrogen-bond acceptors (Lipinski definition) is 2. The quantitative estimate of drug-likeness (QED) is 0.206. The van der Waals surface area contributed by atoms with E-state index in [1.807, 2.05) is 0 Å². The van der Waals surface area contributed by atoms with Crippen LogP contribution >= 0.6 is 0 Å². The van der Waals surface area contributed by atoms with E-state index in [9.17, 15) is 26.7 Å². The van der Waals surface area contributed by atoms with Gasteiger partial charge in [-0.15, -0.1) is 6.58 Å². The SMILES string of the molecule is C=CC[C@@H](OC(=O)C=C)c1c(F)c(F)c(F)c(F)c1F. The minimum absolute atomic E-state index is 0.335. The van der Waals surface area contributed by atoms with Gasteiger partial charge in [-0.2, -0.15) is 0 Å². The Morgan fingerprint density at radius 1 is 1.00 bits per heavy atom. The molecule has 0 aliphatic rings. The van der Waals surface area contributed by atoms with Crippen molar-refractivity contribution in [1.82, 2.24) is 0 Å². The molecule has 7 heteroatoms.